The minimum absolute atomic E-state index is 0.0156. The van der Waals surface area contributed by atoms with Gasteiger partial charge >= 0.3 is 5.97 Å². The molecule has 0 atom stereocenters. The number of hydrogen-bond acceptors (Lipinski definition) is 5. The number of Topliss-reactive ketones (excluding diaryl/α,β-unsaturated/α-hetero) is 1. The van der Waals surface area contributed by atoms with Crippen molar-refractivity contribution in [3.8, 4) is 11.5 Å². The Balaban J connectivity index is 2.06. The van der Waals surface area contributed by atoms with Crippen molar-refractivity contribution in [3.63, 3.8) is 0 Å². The number of carbonyl (C=O) groups excluding carboxylic acids is 2. The molecule has 2 aromatic carbocycles. The van der Waals surface area contributed by atoms with Gasteiger partial charge in [0.25, 0.3) is 0 Å². The average Bonchev–Trinajstić information content (AvgIpc) is 2.58. The Kier molecular flexibility index (Phi) is 5.76. The number of ketones is 1. The van der Waals surface area contributed by atoms with Crippen LogP contribution < -0.4 is 9.47 Å². The summed E-state index contributed by atoms with van der Waals surface area (Å²) in [6.07, 6.45) is 0. The molecular weight excluding hydrogens is 339 g/mol. The Morgan fingerprint density at radius 1 is 1.04 bits per heavy atom. The number of methoxy groups -OCH3 is 2. The smallest absolute Gasteiger partial charge is 0.340 e. The molecule has 0 radical (unpaired) electrons. The monoisotopic (exact) mass is 352 g/mol. The first kappa shape index (κ1) is 17.7. The van der Waals surface area contributed by atoms with Crippen molar-refractivity contribution >= 4 is 23.4 Å². The molecule has 24 heavy (non-hydrogen) atoms. The summed E-state index contributed by atoms with van der Waals surface area (Å²) in [5.74, 6) is -0.949. The summed E-state index contributed by atoms with van der Waals surface area (Å²) in [5.41, 5.74) is 0.281. The second-order valence-corrected chi connectivity index (χ2v) is 5.10. The van der Waals surface area contributed by atoms with Crippen LogP contribution in [-0.4, -0.2) is 32.6 Å². The van der Waals surface area contributed by atoms with E-state index in [1.165, 1.54) is 32.4 Å². The molecule has 5 nitrogen and oxygen atoms in total. The molecule has 0 amide bonds. The third-order valence-electron chi connectivity index (χ3n) is 3.19. The Labute approximate surface area is 142 Å². The molecule has 0 saturated carbocycles. The van der Waals surface area contributed by atoms with Gasteiger partial charge in [-0.3, -0.25) is 4.79 Å². The van der Waals surface area contributed by atoms with E-state index >= 15 is 0 Å². The molecule has 0 bridgehead atoms. The second kappa shape index (κ2) is 7.79. The molecule has 7 heteroatoms. The van der Waals surface area contributed by atoms with E-state index < -0.39 is 24.2 Å². The molecule has 2 aromatic rings. The highest BCUT2D eigenvalue weighted by Crippen LogP contribution is 2.27. The lowest BCUT2D eigenvalue weighted by Crippen LogP contribution is -2.14. The molecule has 2 rings (SSSR count). The third-order valence-corrected chi connectivity index (χ3v) is 3.50. The van der Waals surface area contributed by atoms with Gasteiger partial charge in [-0.05, 0) is 36.4 Å². The number of hydrogen-bond donors (Lipinski definition) is 0. The van der Waals surface area contributed by atoms with Crippen LogP contribution in [-0.2, 0) is 4.74 Å². The molecule has 0 aliphatic carbocycles. The Hall–Kier alpha value is -2.60. The summed E-state index contributed by atoms with van der Waals surface area (Å²) < 4.78 is 28.1. The fraction of sp³-hybridized carbons (Fsp3) is 0.176. The molecular formula is C17H14ClFO5. The van der Waals surface area contributed by atoms with Gasteiger partial charge in [0.15, 0.2) is 23.9 Å². The summed E-state index contributed by atoms with van der Waals surface area (Å²) in [5, 5.41) is -0.0847. The zero-order chi connectivity index (χ0) is 17.7. The zero-order valence-electron chi connectivity index (χ0n) is 13.0. The van der Waals surface area contributed by atoms with Gasteiger partial charge in [-0.2, -0.15) is 0 Å². The topological polar surface area (TPSA) is 61.8 Å². The lowest BCUT2D eigenvalue weighted by molar-refractivity contribution is 0.0475. The number of ether oxygens (including phenoxy) is 3. The first-order chi connectivity index (χ1) is 11.5. The van der Waals surface area contributed by atoms with Crippen molar-refractivity contribution in [2.75, 3.05) is 20.8 Å². The Morgan fingerprint density at radius 3 is 2.38 bits per heavy atom. The van der Waals surface area contributed by atoms with E-state index in [1.54, 1.807) is 6.07 Å². The maximum absolute atomic E-state index is 13.0. The summed E-state index contributed by atoms with van der Waals surface area (Å²) in [4.78, 5) is 24.0. The molecule has 0 spiro atoms. The second-order valence-electron chi connectivity index (χ2n) is 4.69. The number of benzene rings is 2. The molecule has 0 aromatic heterocycles. The SMILES string of the molecule is COc1ccc(C(=O)COC(=O)c2ccc(F)cc2Cl)cc1OC. The van der Waals surface area contributed by atoms with E-state index in [-0.39, 0.29) is 10.6 Å². The predicted octanol–water partition coefficient (Wildman–Crippen LogP) is 3.54. The van der Waals surface area contributed by atoms with E-state index in [1.807, 2.05) is 0 Å². The average molecular weight is 353 g/mol. The fourth-order valence-electron chi connectivity index (χ4n) is 1.96. The molecule has 0 unspecified atom stereocenters. The van der Waals surface area contributed by atoms with Crippen LogP contribution in [0.25, 0.3) is 0 Å². The van der Waals surface area contributed by atoms with Crippen LogP contribution in [0.3, 0.4) is 0 Å². The minimum atomic E-state index is -0.811. The van der Waals surface area contributed by atoms with Crippen molar-refractivity contribution in [1.82, 2.24) is 0 Å². The van der Waals surface area contributed by atoms with Crippen molar-refractivity contribution in [2.24, 2.45) is 0 Å². The number of esters is 1. The number of carbonyl (C=O) groups is 2. The maximum Gasteiger partial charge on any atom is 0.340 e. The van der Waals surface area contributed by atoms with Gasteiger partial charge in [0.2, 0.25) is 0 Å². The van der Waals surface area contributed by atoms with E-state index in [9.17, 15) is 14.0 Å². The zero-order valence-corrected chi connectivity index (χ0v) is 13.7. The van der Waals surface area contributed by atoms with Crippen molar-refractivity contribution in [1.29, 1.82) is 0 Å². The molecule has 0 aliphatic rings. The lowest BCUT2D eigenvalue weighted by atomic mass is 10.1. The van der Waals surface area contributed by atoms with E-state index in [2.05, 4.69) is 0 Å². The highest BCUT2D eigenvalue weighted by molar-refractivity contribution is 6.33. The van der Waals surface area contributed by atoms with Gasteiger partial charge in [-0.25, -0.2) is 9.18 Å². The first-order valence-corrected chi connectivity index (χ1v) is 7.21. The van der Waals surface area contributed by atoms with E-state index in [0.717, 1.165) is 12.1 Å². The van der Waals surface area contributed by atoms with Crippen molar-refractivity contribution < 1.29 is 28.2 Å². The van der Waals surface area contributed by atoms with Gasteiger partial charge in [0.05, 0.1) is 24.8 Å². The lowest BCUT2D eigenvalue weighted by Gasteiger charge is -2.09. The minimum Gasteiger partial charge on any atom is -0.493 e. The predicted molar refractivity (Wildman–Crippen MR) is 85.6 cm³/mol. The van der Waals surface area contributed by atoms with Crippen LogP contribution in [0.1, 0.15) is 20.7 Å². The molecule has 126 valence electrons. The Bertz CT molecular complexity index is 776. The van der Waals surface area contributed by atoms with Crippen LogP contribution in [0.4, 0.5) is 4.39 Å². The largest absolute Gasteiger partial charge is 0.493 e. The van der Waals surface area contributed by atoms with Gasteiger partial charge in [0.1, 0.15) is 5.82 Å². The van der Waals surface area contributed by atoms with Gasteiger partial charge in [0, 0.05) is 5.56 Å². The number of rotatable bonds is 6. The number of halogens is 2. The summed E-state index contributed by atoms with van der Waals surface area (Å²) in [6.45, 7) is -0.484. The molecule has 0 saturated heterocycles. The van der Waals surface area contributed by atoms with Crippen LogP contribution in [0.2, 0.25) is 5.02 Å². The van der Waals surface area contributed by atoms with E-state index in [4.69, 9.17) is 25.8 Å². The third kappa shape index (κ3) is 4.02. The normalized spacial score (nSPS) is 10.2. The summed E-state index contributed by atoms with van der Waals surface area (Å²) in [6, 6.07) is 7.86. The highest BCUT2D eigenvalue weighted by Gasteiger charge is 2.16. The van der Waals surface area contributed by atoms with Crippen LogP contribution >= 0.6 is 11.6 Å². The van der Waals surface area contributed by atoms with E-state index in [0.29, 0.717) is 17.1 Å². The summed E-state index contributed by atoms with van der Waals surface area (Å²) >= 11 is 5.77. The van der Waals surface area contributed by atoms with Crippen molar-refractivity contribution in [3.05, 3.63) is 58.4 Å². The molecule has 0 fully saturated rings. The molecule has 0 N–H and O–H groups in total. The van der Waals surface area contributed by atoms with Crippen LogP contribution in [0, 0.1) is 5.82 Å². The standard InChI is InChI=1S/C17H14ClFO5/c1-22-15-6-3-10(7-16(15)23-2)14(20)9-24-17(21)12-5-4-11(19)8-13(12)18/h3-8H,9H2,1-2H3. The quantitative estimate of drug-likeness (QED) is 0.588. The highest BCUT2D eigenvalue weighted by atomic mass is 35.5. The molecule has 0 aliphatic heterocycles. The van der Waals surface area contributed by atoms with Gasteiger partial charge in [-0.1, -0.05) is 11.6 Å². The fourth-order valence-corrected chi connectivity index (χ4v) is 2.20. The summed E-state index contributed by atoms with van der Waals surface area (Å²) in [7, 11) is 2.93. The Morgan fingerprint density at radius 2 is 1.75 bits per heavy atom. The van der Waals surface area contributed by atoms with Crippen LogP contribution in [0.5, 0.6) is 11.5 Å². The first-order valence-electron chi connectivity index (χ1n) is 6.83. The maximum atomic E-state index is 13.0. The van der Waals surface area contributed by atoms with Gasteiger partial charge < -0.3 is 14.2 Å². The van der Waals surface area contributed by atoms with Crippen LogP contribution in [0.15, 0.2) is 36.4 Å². The van der Waals surface area contributed by atoms with Gasteiger partial charge in [-0.15, -0.1) is 0 Å². The van der Waals surface area contributed by atoms with Crippen molar-refractivity contribution in [2.45, 2.75) is 0 Å². The molecule has 0 heterocycles.